The van der Waals surface area contributed by atoms with Crippen LogP contribution in [0, 0.1) is 5.41 Å². The second-order valence-electron chi connectivity index (χ2n) is 18.3. The van der Waals surface area contributed by atoms with Crippen molar-refractivity contribution in [3.63, 3.8) is 0 Å². The van der Waals surface area contributed by atoms with Crippen LogP contribution in [0.3, 0.4) is 0 Å². The predicted molar refractivity (Wildman–Crippen MR) is 230 cm³/mol. The van der Waals surface area contributed by atoms with Crippen molar-refractivity contribution < 1.29 is 14.3 Å². The largest absolute Gasteiger partial charge is 0.465 e. The maximum atomic E-state index is 13.0. The highest BCUT2D eigenvalue weighted by atomic mass is 35.5. The second kappa shape index (κ2) is 14.4. The average Bonchev–Trinajstić information content (AvgIpc) is 4.01. The first-order valence-electron chi connectivity index (χ1n) is 20.5. The van der Waals surface area contributed by atoms with Gasteiger partial charge in [0.15, 0.2) is 0 Å². The molecule has 0 saturated carbocycles. The Balaban J connectivity index is 1.04. The summed E-state index contributed by atoms with van der Waals surface area (Å²) in [7, 11) is 0. The zero-order valence-electron chi connectivity index (χ0n) is 34.2. The molecule has 0 bridgehead atoms. The quantitative estimate of drug-likeness (QED) is 0.167. The number of nitrogens with zero attached hydrogens (tertiary/aromatic N) is 5. The maximum absolute atomic E-state index is 13.0. The van der Waals surface area contributed by atoms with Crippen molar-refractivity contribution in [1.29, 1.82) is 0 Å². The van der Waals surface area contributed by atoms with Crippen molar-refractivity contribution in [3.8, 4) is 39.5 Å². The number of H-pyrrole nitrogens is 2. The molecule has 10 nitrogen and oxygen atoms in total. The lowest BCUT2D eigenvalue weighted by Gasteiger charge is -2.31. The number of aromatic amines is 2. The fourth-order valence-corrected chi connectivity index (χ4v) is 9.15. The second-order valence-corrected chi connectivity index (χ2v) is 18.7. The van der Waals surface area contributed by atoms with Gasteiger partial charge in [0.05, 0.1) is 47.1 Å². The summed E-state index contributed by atoms with van der Waals surface area (Å²) in [6.07, 6.45) is 7.90. The smallest absolute Gasteiger partial charge is 0.410 e. The monoisotopic (exact) mass is 797 g/mol. The number of nitrogens with one attached hydrogen (secondary N) is 2. The van der Waals surface area contributed by atoms with Crippen LogP contribution in [-0.2, 0) is 4.74 Å². The van der Waals surface area contributed by atoms with Gasteiger partial charge in [0.2, 0.25) is 6.23 Å². The van der Waals surface area contributed by atoms with Crippen LogP contribution in [0.2, 0.25) is 5.02 Å². The van der Waals surface area contributed by atoms with Crippen molar-refractivity contribution in [2.45, 2.75) is 97.6 Å². The Bertz CT molecular complexity index is 2530. The first-order chi connectivity index (χ1) is 27.7. The molecular formula is C47H52ClN7O3. The van der Waals surface area contributed by atoms with Gasteiger partial charge in [-0.05, 0) is 101 Å². The number of aromatic nitrogens is 5. The first-order valence-corrected chi connectivity index (χ1v) is 20.8. The van der Waals surface area contributed by atoms with Gasteiger partial charge in [0, 0.05) is 51.4 Å². The number of ether oxygens (including phenoxy) is 2. The molecule has 0 aliphatic carbocycles. The summed E-state index contributed by atoms with van der Waals surface area (Å²) in [5.41, 5.74) is 8.71. The number of fused-ring (bicyclic) bond motifs is 5. The van der Waals surface area contributed by atoms with Gasteiger partial charge >= 0.3 is 6.09 Å². The summed E-state index contributed by atoms with van der Waals surface area (Å²) in [5, 5.41) is 1.75. The average molecular weight is 798 g/mol. The van der Waals surface area contributed by atoms with E-state index >= 15 is 0 Å². The van der Waals surface area contributed by atoms with Gasteiger partial charge in [-0.15, -0.1) is 0 Å². The molecule has 6 aromatic rings. The van der Waals surface area contributed by atoms with E-state index in [2.05, 4.69) is 95.3 Å². The minimum absolute atomic E-state index is 0.172. The number of hydrogen-bond donors (Lipinski definition) is 2. The summed E-state index contributed by atoms with van der Waals surface area (Å²) in [6.45, 7) is 18.6. The Morgan fingerprint density at radius 2 is 1.52 bits per heavy atom. The van der Waals surface area contributed by atoms with Crippen LogP contribution in [0.25, 0.3) is 44.7 Å². The van der Waals surface area contributed by atoms with Gasteiger partial charge in [-0.2, -0.15) is 0 Å². The van der Waals surface area contributed by atoms with Crippen molar-refractivity contribution in [2.24, 2.45) is 5.41 Å². The zero-order chi connectivity index (χ0) is 40.5. The van der Waals surface area contributed by atoms with E-state index in [9.17, 15) is 4.79 Å². The molecule has 6 heterocycles. The van der Waals surface area contributed by atoms with Crippen LogP contribution in [0.15, 0.2) is 91.4 Å². The summed E-state index contributed by atoms with van der Waals surface area (Å²) >= 11 is 6.57. The number of allylic oxidation sites excluding steroid dienone is 1. The van der Waals surface area contributed by atoms with Crippen LogP contribution in [-0.4, -0.2) is 59.1 Å². The number of carbonyl (C=O) groups excluding carboxylic acids is 1. The van der Waals surface area contributed by atoms with Gasteiger partial charge in [0.25, 0.3) is 0 Å². The molecule has 0 spiro atoms. The fourth-order valence-electron chi connectivity index (χ4n) is 8.95. The summed E-state index contributed by atoms with van der Waals surface area (Å²) in [5.74, 6) is 2.50. The lowest BCUT2D eigenvalue weighted by atomic mass is 9.90. The third-order valence-corrected chi connectivity index (χ3v) is 11.7. The number of benzene rings is 3. The third kappa shape index (κ3) is 7.27. The molecule has 2 N–H and O–H groups in total. The summed E-state index contributed by atoms with van der Waals surface area (Å²) < 4.78 is 14.9. The molecular weight excluding hydrogens is 746 g/mol. The fraction of sp³-hybridized carbons (Fsp3) is 0.383. The Hall–Kier alpha value is -5.48. The molecule has 9 rings (SSSR count). The summed E-state index contributed by atoms with van der Waals surface area (Å²) in [4.78, 5) is 34.2. The van der Waals surface area contributed by atoms with E-state index in [1.54, 1.807) is 4.90 Å². The molecule has 3 aromatic carbocycles. The molecule has 300 valence electrons. The molecule has 3 atom stereocenters. The number of halogens is 1. The van der Waals surface area contributed by atoms with E-state index in [4.69, 9.17) is 31.0 Å². The van der Waals surface area contributed by atoms with E-state index in [0.29, 0.717) is 11.6 Å². The SMILES string of the molecule is C=C(CC(C)(C)C)N1CCCC1c1ncc(-c2ccc3c(c2)cc2n3C(c3cccc(Cl)c3)Oc3cc(-c4cnc(C5CCCN5C(=O)OC(C)(C)C)[nH]4)ccc3-2)[nH]1. The van der Waals surface area contributed by atoms with Crippen LogP contribution < -0.4 is 4.74 Å². The molecule has 3 aliphatic rings. The zero-order valence-corrected chi connectivity index (χ0v) is 35.0. The minimum Gasteiger partial charge on any atom is -0.465 e. The highest BCUT2D eigenvalue weighted by Crippen LogP contribution is 2.47. The van der Waals surface area contributed by atoms with Gasteiger partial charge in [-0.1, -0.05) is 63.2 Å². The Labute approximate surface area is 345 Å². The molecule has 1 amide bonds. The van der Waals surface area contributed by atoms with Gasteiger partial charge in [-0.3, -0.25) is 4.90 Å². The van der Waals surface area contributed by atoms with Crippen molar-refractivity contribution >= 4 is 28.6 Å². The van der Waals surface area contributed by atoms with Crippen LogP contribution in [0.1, 0.15) is 109 Å². The normalized spacial score (nSPS) is 19.3. The minimum atomic E-state index is -0.567. The molecule has 2 saturated heterocycles. The lowest BCUT2D eigenvalue weighted by molar-refractivity contribution is 0.0218. The highest BCUT2D eigenvalue weighted by Gasteiger charge is 2.36. The number of hydrogen-bond acceptors (Lipinski definition) is 6. The number of carbonyl (C=O) groups is 1. The van der Waals surface area contributed by atoms with E-state index in [0.717, 1.165) is 106 Å². The van der Waals surface area contributed by atoms with Crippen molar-refractivity contribution in [2.75, 3.05) is 13.1 Å². The molecule has 2 fully saturated rings. The van der Waals surface area contributed by atoms with Crippen LogP contribution in [0.5, 0.6) is 5.75 Å². The standard InChI is InChI=1S/C47H52ClN7O3/c1-28(25-46(2,3)4)53-19-9-13-38(53)42-49-26-35(51-42)29-16-18-37-32(21-29)23-40-34-17-15-30(24-41(34)57-44(55(37)40)31-11-8-12-33(48)22-31)36-27-50-43(52-36)39-14-10-20-54(39)45(56)58-47(5,6)7/h8,11-12,15-18,21-24,26-27,38-39,44H,1,9-10,13-14,19-20,25H2,2-7H3,(H,49,51)(H,50,52). The molecule has 0 radical (unpaired) electrons. The van der Waals surface area contributed by atoms with E-state index in [-0.39, 0.29) is 23.6 Å². The Kier molecular flexibility index (Phi) is 9.46. The van der Waals surface area contributed by atoms with E-state index in [1.165, 1.54) is 5.70 Å². The molecule has 11 heteroatoms. The van der Waals surface area contributed by atoms with Crippen molar-refractivity contribution in [3.05, 3.63) is 114 Å². The van der Waals surface area contributed by atoms with E-state index in [1.807, 2.05) is 51.4 Å². The lowest BCUT2D eigenvalue weighted by Crippen LogP contribution is -2.36. The predicted octanol–water partition coefficient (Wildman–Crippen LogP) is 11.8. The molecule has 58 heavy (non-hydrogen) atoms. The van der Waals surface area contributed by atoms with Crippen LogP contribution in [0.4, 0.5) is 4.79 Å². The molecule has 3 aromatic heterocycles. The Morgan fingerprint density at radius 1 is 0.862 bits per heavy atom. The topological polar surface area (TPSA) is 104 Å². The van der Waals surface area contributed by atoms with E-state index < -0.39 is 11.8 Å². The van der Waals surface area contributed by atoms with Gasteiger partial charge in [-0.25, -0.2) is 14.8 Å². The van der Waals surface area contributed by atoms with Gasteiger partial charge in [0.1, 0.15) is 23.0 Å². The van der Waals surface area contributed by atoms with Gasteiger partial charge < -0.3 is 28.9 Å². The number of amides is 1. The van der Waals surface area contributed by atoms with Crippen molar-refractivity contribution in [1.82, 2.24) is 34.3 Å². The maximum Gasteiger partial charge on any atom is 0.410 e. The Morgan fingerprint density at radius 3 is 2.19 bits per heavy atom. The number of imidazole rings is 2. The molecule has 3 aliphatic heterocycles. The third-order valence-electron chi connectivity index (χ3n) is 11.4. The first kappa shape index (κ1) is 38.1. The molecule has 3 unspecified atom stereocenters. The highest BCUT2D eigenvalue weighted by molar-refractivity contribution is 6.30. The summed E-state index contributed by atoms with van der Waals surface area (Å²) in [6, 6.07) is 23.0. The number of likely N-dealkylation sites (tertiary alicyclic amines) is 2. The number of rotatable bonds is 7. The van der Waals surface area contributed by atoms with Crippen LogP contribution >= 0.6 is 11.6 Å².